The van der Waals surface area contributed by atoms with E-state index in [-0.39, 0.29) is 23.6 Å². The molecule has 9 nitrogen and oxygen atoms in total. The van der Waals surface area contributed by atoms with Gasteiger partial charge in [0, 0.05) is 32.9 Å². The summed E-state index contributed by atoms with van der Waals surface area (Å²) in [7, 11) is 1.44. The third-order valence-corrected chi connectivity index (χ3v) is 5.74. The number of benzene rings is 1. The number of hydrogen-bond donors (Lipinski definition) is 3. The Morgan fingerprint density at radius 2 is 1.78 bits per heavy atom. The summed E-state index contributed by atoms with van der Waals surface area (Å²) in [6.07, 6.45) is 2.86. The van der Waals surface area contributed by atoms with Crippen molar-refractivity contribution in [2.75, 3.05) is 26.7 Å². The van der Waals surface area contributed by atoms with Gasteiger partial charge >= 0.3 is 6.09 Å². The Morgan fingerprint density at radius 1 is 1.09 bits per heavy atom. The molecule has 1 saturated heterocycles. The summed E-state index contributed by atoms with van der Waals surface area (Å²) in [6.45, 7) is 1.69. The van der Waals surface area contributed by atoms with Crippen molar-refractivity contribution >= 4 is 17.9 Å². The predicted octanol–water partition coefficient (Wildman–Crippen LogP) is 1.77. The van der Waals surface area contributed by atoms with Gasteiger partial charge in [-0.1, -0.05) is 30.3 Å². The first-order valence-corrected chi connectivity index (χ1v) is 10.7. The summed E-state index contributed by atoms with van der Waals surface area (Å²) in [5.41, 5.74) is 0.564. The molecule has 3 N–H and O–H groups in total. The van der Waals surface area contributed by atoms with Gasteiger partial charge in [0.15, 0.2) is 0 Å². The van der Waals surface area contributed by atoms with Crippen LogP contribution < -0.4 is 16.2 Å². The highest BCUT2D eigenvalue weighted by molar-refractivity contribution is 5.99. The maximum absolute atomic E-state index is 12.8. The number of likely N-dealkylation sites (tertiary alicyclic amines) is 1. The number of carbonyl (C=O) groups is 3. The van der Waals surface area contributed by atoms with E-state index in [1.807, 2.05) is 30.3 Å². The number of nitrogens with one attached hydrogen (secondary N) is 2. The fraction of sp³-hybridized carbons (Fsp3) is 0.391. The minimum Gasteiger partial charge on any atom is -0.465 e. The number of aromatic nitrogens is 1. The Labute approximate surface area is 186 Å². The predicted molar refractivity (Wildman–Crippen MR) is 119 cm³/mol. The van der Waals surface area contributed by atoms with E-state index in [1.165, 1.54) is 28.8 Å². The fourth-order valence-corrected chi connectivity index (χ4v) is 3.86. The molecular weight excluding hydrogens is 412 g/mol. The number of carboxylic acid groups (broad SMARTS) is 1. The molecule has 0 atom stereocenters. The van der Waals surface area contributed by atoms with E-state index in [2.05, 4.69) is 10.6 Å². The summed E-state index contributed by atoms with van der Waals surface area (Å²) < 4.78 is 1.37. The molecule has 0 bridgehead atoms. The monoisotopic (exact) mass is 440 g/mol. The van der Waals surface area contributed by atoms with Gasteiger partial charge in [0.25, 0.3) is 17.4 Å². The molecule has 2 heterocycles. The number of nitrogens with zero attached hydrogens (tertiary/aromatic N) is 2. The average molecular weight is 441 g/mol. The van der Waals surface area contributed by atoms with Crippen molar-refractivity contribution in [3.63, 3.8) is 0 Å². The SMILES string of the molecule is CNC(=O)c1cc(C(=O)NCCC2CCN(C(=O)O)CC2)cn(Cc2ccccc2)c1=O. The molecule has 1 aromatic carbocycles. The van der Waals surface area contributed by atoms with Crippen molar-refractivity contribution in [3.8, 4) is 0 Å². The third kappa shape index (κ3) is 5.75. The second-order valence-electron chi connectivity index (χ2n) is 7.90. The Hall–Kier alpha value is -3.62. The van der Waals surface area contributed by atoms with Gasteiger partial charge in [-0.15, -0.1) is 0 Å². The number of rotatable bonds is 7. The number of pyridine rings is 1. The van der Waals surface area contributed by atoms with E-state index in [9.17, 15) is 19.2 Å². The molecule has 3 rings (SSSR count). The van der Waals surface area contributed by atoms with Gasteiger partial charge in [-0.05, 0) is 36.8 Å². The zero-order valence-electron chi connectivity index (χ0n) is 18.0. The van der Waals surface area contributed by atoms with E-state index < -0.39 is 17.6 Å². The lowest BCUT2D eigenvalue weighted by atomic mass is 9.94. The maximum Gasteiger partial charge on any atom is 0.407 e. The molecule has 170 valence electrons. The highest BCUT2D eigenvalue weighted by atomic mass is 16.4. The number of carbonyl (C=O) groups excluding carboxylic acids is 2. The van der Waals surface area contributed by atoms with Crippen molar-refractivity contribution in [2.24, 2.45) is 5.92 Å². The Bertz CT molecular complexity index is 1030. The summed E-state index contributed by atoms with van der Waals surface area (Å²) in [4.78, 5) is 50.1. The molecule has 0 aliphatic carbocycles. The maximum atomic E-state index is 12.8. The van der Waals surface area contributed by atoms with Crippen LogP contribution in [0.3, 0.4) is 0 Å². The molecule has 0 unspecified atom stereocenters. The van der Waals surface area contributed by atoms with Crippen molar-refractivity contribution in [2.45, 2.75) is 25.8 Å². The number of hydrogen-bond acceptors (Lipinski definition) is 4. The first kappa shape index (κ1) is 23.1. The largest absolute Gasteiger partial charge is 0.465 e. The normalized spacial score (nSPS) is 14.1. The molecule has 1 aliphatic heterocycles. The first-order chi connectivity index (χ1) is 15.4. The second-order valence-corrected chi connectivity index (χ2v) is 7.90. The lowest BCUT2D eigenvalue weighted by molar-refractivity contribution is 0.0947. The summed E-state index contributed by atoms with van der Waals surface area (Å²) >= 11 is 0. The molecular formula is C23H28N4O5. The van der Waals surface area contributed by atoms with Crippen LogP contribution in [-0.2, 0) is 6.54 Å². The van der Waals surface area contributed by atoms with Crippen LogP contribution in [0.15, 0.2) is 47.4 Å². The Morgan fingerprint density at radius 3 is 2.41 bits per heavy atom. The van der Waals surface area contributed by atoms with Crippen LogP contribution in [0, 0.1) is 5.92 Å². The smallest absolute Gasteiger partial charge is 0.407 e. The van der Waals surface area contributed by atoms with Gasteiger partial charge in [-0.3, -0.25) is 14.4 Å². The fourth-order valence-electron chi connectivity index (χ4n) is 3.86. The molecule has 3 amide bonds. The minimum absolute atomic E-state index is 0.0860. The lowest BCUT2D eigenvalue weighted by Gasteiger charge is -2.29. The number of amides is 3. The zero-order chi connectivity index (χ0) is 23.1. The number of piperidine rings is 1. The minimum atomic E-state index is -0.894. The molecule has 0 saturated carbocycles. The van der Waals surface area contributed by atoms with Gasteiger partial charge in [-0.25, -0.2) is 4.79 Å². The molecule has 9 heteroatoms. The highest BCUT2D eigenvalue weighted by Crippen LogP contribution is 2.20. The first-order valence-electron chi connectivity index (χ1n) is 10.7. The molecule has 1 fully saturated rings. The van der Waals surface area contributed by atoms with E-state index in [1.54, 1.807) is 0 Å². The zero-order valence-corrected chi connectivity index (χ0v) is 18.0. The highest BCUT2D eigenvalue weighted by Gasteiger charge is 2.22. The summed E-state index contributed by atoms with van der Waals surface area (Å²) in [5.74, 6) is -0.559. The van der Waals surface area contributed by atoms with Crippen molar-refractivity contribution in [3.05, 3.63) is 69.6 Å². The van der Waals surface area contributed by atoms with Crippen molar-refractivity contribution in [1.82, 2.24) is 20.1 Å². The Balaban J connectivity index is 1.68. The standard InChI is InChI=1S/C23H28N4O5/c1-24-21(29)19-13-18(15-27(22(19)30)14-17-5-3-2-4-6-17)20(28)25-10-7-16-8-11-26(12-9-16)23(31)32/h2-6,13,15-16H,7-12,14H2,1H3,(H,24,29)(H,25,28)(H,31,32). The van der Waals surface area contributed by atoms with Crippen LogP contribution in [0.25, 0.3) is 0 Å². The van der Waals surface area contributed by atoms with Crippen molar-refractivity contribution in [1.29, 1.82) is 0 Å². The molecule has 32 heavy (non-hydrogen) atoms. The van der Waals surface area contributed by atoms with Crippen LogP contribution in [0.4, 0.5) is 4.79 Å². The molecule has 2 aromatic rings. The topological polar surface area (TPSA) is 121 Å². The van der Waals surface area contributed by atoms with Gasteiger partial charge in [0.1, 0.15) is 5.56 Å². The van der Waals surface area contributed by atoms with Gasteiger partial charge in [0.05, 0.1) is 12.1 Å². The van der Waals surface area contributed by atoms with Gasteiger partial charge < -0.3 is 25.2 Å². The van der Waals surface area contributed by atoms with E-state index in [0.29, 0.717) is 25.6 Å². The third-order valence-electron chi connectivity index (χ3n) is 5.74. The molecule has 0 radical (unpaired) electrons. The van der Waals surface area contributed by atoms with E-state index >= 15 is 0 Å². The quantitative estimate of drug-likeness (QED) is 0.606. The lowest BCUT2D eigenvalue weighted by Crippen LogP contribution is -2.38. The van der Waals surface area contributed by atoms with Crippen molar-refractivity contribution < 1.29 is 19.5 Å². The summed E-state index contributed by atoms with van der Waals surface area (Å²) in [5, 5.41) is 14.3. The van der Waals surface area contributed by atoms with Gasteiger partial charge in [0.2, 0.25) is 0 Å². The summed E-state index contributed by atoms with van der Waals surface area (Å²) in [6, 6.07) is 10.7. The Kier molecular flexibility index (Phi) is 7.64. The van der Waals surface area contributed by atoms with E-state index in [0.717, 1.165) is 24.8 Å². The van der Waals surface area contributed by atoms with Crippen LogP contribution in [-0.4, -0.2) is 59.2 Å². The molecule has 1 aromatic heterocycles. The van der Waals surface area contributed by atoms with Crippen LogP contribution >= 0.6 is 0 Å². The molecule has 1 aliphatic rings. The second kappa shape index (κ2) is 10.6. The van der Waals surface area contributed by atoms with Crippen LogP contribution in [0.5, 0.6) is 0 Å². The van der Waals surface area contributed by atoms with E-state index in [4.69, 9.17) is 5.11 Å². The van der Waals surface area contributed by atoms with Crippen LogP contribution in [0.1, 0.15) is 45.5 Å². The molecule has 0 spiro atoms. The van der Waals surface area contributed by atoms with Gasteiger partial charge in [-0.2, -0.15) is 0 Å². The average Bonchev–Trinajstić information content (AvgIpc) is 2.80. The van der Waals surface area contributed by atoms with Crippen LogP contribution in [0.2, 0.25) is 0 Å².